The Balaban J connectivity index is 1.79. The van der Waals surface area contributed by atoms with E-state index in [0.717, 1.165) is 16.6 Å². The maximum atomic E-state index is 12.0. The molecule has 0 saturated carbocycles. The van der Waals surface area contributed by atoms with Gasteiger partial charge in [0.25, 0.3) is 0 Å². The lowest BCUT2D eigenvalue weighted by Crippen LogP contribution is -2.17. The first-order valence-electron chi connectivity index (χ1n) is 6.38. The highest BCUT2D eigenvalue weighted by Gasteiger charge is 2.12. The van der Waals surface area contributed by atoms with Crippen LogP contribution < -0.4 is 4.74 Å². The SMILES string of the molecule is Cc1ccc(Cl)c(OC(=O)Cn2nnc3ccccc32)c1. The van der Waals surface area contributed by atoms with Crippen molar-refractivity contribution in [3.05, 3.63) is 53.1 Å². The Morgan fingerprint density at radius 2 is 2.10 bits per heavy atom. The molecule has 106 valence electrons. The van der Waals surface area contributed by atoms with Crippen molar-refractivity contribution in [2.45, 2.75) is 13.5 Å². The van der Waals surface area contributed by atoms with Crippen LogP contribution in [-0.2, 0) is 11.3 Å². The van der Waals surface area contributed by atoms with Crippen LogP contribution in [0.5, 0.6) is 5.75 Å². The van der Waals surface area contributed by atoms with E-state index in [1.165, 1.54) is 4.68 Å². The first kappa shape index (κ1) is 13.6. The molecule has 6 heteroatoms. The van der Waals surface area contributed by atoms with Gasteiger partial charge in [-0.05, 0) is 36.8 Å². The van der Waals surface area contributed by atoms with E-state index >= 15 is 0 Å². The Kier molecular flexibility index (Phi) is 3.58. The van der Waals surface area contributed by atoms with Crippen LogP contribution in [0.1, 0.15) is 5.56 Å². The average Bonchev–Trinajstić information content (AvgIpc) is 2.86. The molecule has 0 radical (unpaired) electrons. The van der Waals surface area contributed by atoms with Crippen LogP contribution in [0.15, 0.2) is 42.5 Å². The van der Waals surface area contributed by atoms with Crippen molar-refractivity contribution in [3.8, 4) is 5.75 Å². The number of para-hydroxylation sites is 1. The van der Waals surface area contributed by atoms with Gasteiger partial charge in [-0.2, -0.15) is 0 Å². The number of hydrogen-bond donors (Lipinski definition) is 0. The number of halogens is 1. The van der Waals surface area contributed by atoms with Crippen LogP contribution in [0.4, 0.5) is 0 Å². The molecule has 0 aliphatic heterocycles. The van der Waals surface area contributed by atoms with Crippen molar-refractivity contribution in [2.24, 2.45) is 0 Å². The Bertz CT molecular complexity index is 814. The lowest BCUT2D eigenvalue weighted by atomic mass is 10.2. The van der Waals surface area contributed by atoms with Crippen LogP contribution in [0.2, 0.25) is 5.02 Å². The van der Waals surface area contributed by atoms with E-state index in [9.17, 15) is 4.79 Å². The van der Waals surface area contributed by atoms with Crippen LogP contribution in [0.3, 0.4) is 0 Å². The number of carbonyl (C=O) groups excluding carboxylic acids is 1. The molecule has 2 aromatic carbocycles. The van der Waals surface area contributed by atoms with Crippen LogP contribution >= 0.6 is 11.6 Å². The van der Waals surface area contributed by atoms with Gasteiger partial charge < -0.3 is 4.74 Å². The number of esters is 1. The van der Waals surface area contributed by atoms with Crippen molar-refractivity contribution in [3.63, 3.8) is 0 Å². The second-order valence-electron chi connectivity index (χ2n) is 4.64. The number of fused-ring (bicyclic) bond motifs is 1. The zero-order valence-corrected chi connectivity index (χ0v) is 12.0. The molecule has 0 spiro atoms. The highest BCUT2D eigenvalue weighted by molar-refractivity contribution is 6.32. The molecular formula is C15H12ClN3O2. The molecule has 3 aromatic rings. The number of carbonyl (C=O) groups is 1. The molecule has 1 aromatic heterocycles. The smallest absolute Gasteiger partial charge is 0.333 e. The molecule has 0 saturated heterocycles. The second kappa shape index (κ2) is 5.54. The number of rotatable bonds is 3. The van der Waals surface area contributed by atoms with E-state index in [-0.39, 0.29) is 6.54 Å². The maximum absolute atomic E-state index is 12.0. The third-order valence-electron chi connectivity index (χ3n) is 3.01. The number of benzene rings is 2. The van der Waals surface area contributed by atoms with Gasteiger partial charge in [-0.15, -0.1) is 5.10 Å². The van der Waals surface area contributed by atoms with Gasteiger partial charge in [0.15, 0.2) is 0 Å². The Hall–Kier alpha value is -2.40. The number of hydrogen-bond acceptors (Lipinski definition) is 4. The van der Waals surface area contributed by atoms with Crippen molar-refractivity contribution in [1.82, 2.24) is 15.0 Å². The number of ether oxygens (including phenoxy) is 1. The van der Waals surface area contributed by atoms with E-state index in [1.807, 2.05) is 37.3 Å². The summed E-state index contributed by atoms with van der Waals surface area (Å²) in [5, 5.41) is 8.34. The third-order valence-corrected chi connectivity index (χ3v) is 3.32. The monoisotopic (exact) mass is 301 g/mol. The number of aromatic nitrogens is 3. The summed E-state index contributed by atoms with van der Waals surface area (Å²) in [5.41, 5.74) is 2.48. The van der Waals surface area contributed by atoms with Gasteiger partial charge in [-0.1, -0.05) is 35.0 Å². The largest absolute Gasteiger partial charge is 0.424 e. The fourth-order valence-electron chi connectivity index (χ4n) is 2.00. The van der Waals surface area contributed by atoms with E-state index in [4.69, 9.17) is 16.3 Å². The highest BCUT2D eigenvalue weighted by Crippen LogP contribution is 2.25. The molecule has 0 bridgehead atoms. The molecule has 3 rings (SSSR count). The van der Waals surface area contributed by atoms with Crippen LogP contribution in [0, 0.1) is 6.92 Å². The summed E-state index contributed by atoms with van der Waals surface area (Å²) in [6.07, 6.45) is 0. The van der Waals surface area contributed by atoms with E-state index in [0.29, 0.717) is 10.8 Å². The normalized spacial score (nSPS) is 10.8. The van der Waals surface area contributed by atoms with E-state index < -0.39 is 5.97 Å². The molecule has 0 atom stereocenters. The molecule has 0 N–H and O–H groups in total. The van der Waals surface area contributed by atoms with Crippen molar-refractivity contribution in [1.29, 1.82) is 0 Å². The van der Waals surface area contributed by atoms with E-state index in [1.54, 1.807) is 12.1 Å². The zero-order chi connectivity index (χ0) is 14.8. The number of nitrogens with zero attached hydrogens (tertiary/aromatic N) is 3. The van der Waals surface area contributed by atoms with Gasteiger partial charge in [0.05, 0.1) is 10.5 Å². The minimum Gasteiger partial charge on any atom is -0.424 e. The Labute approximate surface area is 126 Å². The Morgan fingerprint density at radius 3 is 2.95 bits per heavy atom. The van der Waals surface area contributed by atoms with Crippen LogP contribution in [0.25, 0.3) is 11.0 Å². The van der Waals surface area contributed by atoms with Crippen molar-refractivity contribution in [2.75, 3.05) is 0 Å². The summed E-state index contributed by atoms with van der Waals surface area (Å²) in [5.74, 6) is -0.0933. The predicted molar refractivity (Wildman–Crippen MR) is 79.4 cm³/mol. The number of aryl methyl sites for hydroxylation is 1. The Morgan fingerprint density at radius 1 is 1.29 bits per heavy atom. The molecule has 0 amide bonds. The molecule has 21 heavy (non-hydrogen) atoms. The maximum Gasteiger partial charge on any atom is 0.333 e. The molecule has 0 aliphatic carbocycles. The lowest BCUT2D eigenvalue weighted by Gasteiger charge is -2.07. The second-order valence-corrected chi connectivity index (χ2v) is 5.05. The minimum atomic E-state index is -0.446. The summed E-state index contributed by atoms with van der Waals surface area (Å²) in [6.45, 7) is 1.88. The van der Waals surface area contributed by atoms with Gasteiger partial charge in [0.1, 0.15) is 17.8 Å². The molecular weight excluding hydrogens is 290 g/mol. The summed E-state index contributed by atoms with van der Waals surface area (Å²) in [7, 11) is 0. The van der Waals surface area contributed by atoms with Crippen molar-refractivity contribution >= 4 is 28.6 Å². The minimum absolute atomic E-state index is 0.0230. The fourth-order valence-corrected chi connectivity index (χ4v) is 2.16. The first-order chi connectivity index (χ1) is 10.1. The molecule has 1 heterocycles. The summed E-state index contributed by atoms with van der Waals surface area (Å²) in [6, 6.07) is 12.7. The molecule has 5 nitrogen and oxygen atoms in total. The average molecular weight is 302 g/mol. The lowest BCUT2D eigenvalue weighted by molar-refractivity contribution is -0.135. The van der Waals surface area contributed by atoms with Gasteiger partial charge in [0, 0.05) is 0 Å². The molecule has 0 aliphatic rings. The van der Waals surface area contributed by atoms with Crippen molar-refractivity contribution < 1.29 is 9.53 Å². The standard InChI is InChI=1S/C15H12ClN3O2/c1-10-6-7-11(16)14(8-10)21-15(20)9-19-13-5-3-2-4-12(13)17-18-19/h2-8H,9H2,1H3. The van der Waals surface area contributed by atoms with Gasteiger partial charge in [-0.3, -0.25) is 0 Å². The fraction of sp³-hybridized carbons (Fsp3) is 0.133. The summed E-state index contributed by atoms with van der Waals surface area (Å²) >= 11 is 6.01. The first-order valence-corrected chi connectivity index (χ1v) is 6.76. The van der Waals surface area contributed by atoms with Gasteiger partial charge in [-0.25, -0.2) is 9.48 Å². The predicted octanol–water partition coefficient (Wildman–Crippen LogP) is 3.00. The topological polar surface area (TPSA) is 57.0 Å². The summed E-state index contributed by atoms with van der Waals surface area (Å²) < 4.78 is 6.79. The zero-order valence-electron chi connectivity index (χ0n) is 11.3. The van der Waals surface area contributed by atoms with Gasteiger partial charge >= 0.3 is 5.97 Å². The third kappa shape index (κ3) is 2.87. The summed E-state index contributed by atoms with van der Waals surface area (Å²) in [4.78, 5) is 12.0. The molecule has 0 fully saturated rings. The quantitative estimate of drug-likeness (QED) is 0.551. The molecule has 0 unspecified atom stereocenters. The highest BCUT2D eigenvalue weighted by atomic mass is 35.5. The van der Waals surface area contributed by atoms with E-state index in [2.05, 4.69) is 10.3 Å². The van der Waals surface area contributed by atoms with Gasteiger partial charge in [0.2, 0.25) is 0 Å². The van der Waals surface area contributed by atoms with Crippen LogP contribution in [-0.4, -0.2) is 21.0 Å².